The molecule has 0 fully saturated rings. The highest BCUT2D eigenvalue weighted by Crippen LogP contribution is 2.30. The molecule has 1 aromatic heterocycles. The summed E-state index contributed by atoms with van der Waals surface area (Å²) in [7, 11) is 3.26. The van der Waals surface area contributed by atoms with E-state index in [1.54, 1.807) is 14.2 Å². The van der Waals surface area contributed by atoms with Crippen LogP contribution < -0.4 is 14.8 Å². The second-order valence-corrected chi connectivity index (χ2v) is 4.34. The maximum Gasteiger partial charge on any atom is 0.162 e. The standard InChI is InChI=1S/C14H19N3O2/c1-9-12(10(2)17-16-9)8-15-11-5-6-13(18-3)14(7-11)19-4/h5-7,15H,8H2,1-4H3,(H,16,17). The van der Waals surface area contributed by atoms with Gasteiger partial charge in [-0.3, -0.25) is 5.10 Å². The molecule has 1 heterocycles. The molecular formula is C14H19N3O2. The number of hydrogen-bond donors (Lipinski definition) is 2. The lowest BCUT2D eigenvalue weighted by Gasteiger charge is -2.11. The van der Waals surface area contributed by atoms with Gasteiger partial charge in [0.1, 0.15) is 0 Å². The number of ether oxygens (including phenoxy) is 2. The van der Waals surface area contributed by atoms with Crippen LogP contribution in [0.4, 0.5) is 5.69 Å². The van der Waals surface area contributed by atoms with Gasteiger partial charge in [-0.05, 0) is 26.0 Å². The predicted octanol–water partition coefficient (Wildman–Crippen LogP) is 2.66. The Balaban J connectivity index is 2.12. The largest absolute Gasteiger partial charge is 0.493 e. The van der Waals surface area contributed by atoms with Gasteiger partial charge >= 0.3 is 0 Å². The number of H-pyrrole nitrogens is 1. The van der Waals surface area contributed by atoms with E-state index >= 15 is 0 Å². The molecule has 5 heteroatoms. The number of nitrogens with zero attached hydrogens (tertiary/aromatic N) is 1. The normalized spacial score (nSPS) is 10.3. The molecule has 0 bridgehead atoms. The number of methoxy groups -OCH3 is 2. The Morgan fingerprint density at radius 2 is 1.89 bits per heavy atom. The van der Waals surface area contributed by atoms with Crippen LogP contribution in [0.2, 0.25) is 0 Å². The van der Waals surface area contributed by atoms with Crippen LogP contribution in [0.1, 0.15) is 17.0 Å². The zero-order chi connectivity index (χ0) is 13.8. The van der Waals surface area contributed by atoms with E-state index < -0.39 is 0 Å². The summed E-state index contributed by atoms with van der Waals surface area (Å²) in [5.41, 5.74) is 4.28. The maximum atomic E-state index is 5.28. The smallest absolute Gasteiger partial charge is 0.162 e. The molecule has 19 heavy (non-hydrogen) atoms. The number of nitrogens with one attached hydrogen (secondary N) is 2. The van der Waals surface area contributed by atoms with E-state index in [4.69, 9.17) is 9.47 Å². The molecule has 0 unspecified atom stereocenters. The van der Waals surface area contributed by atoms with Crippen molar-refractivity contribution in [2.45, 2.75) is 20.4 Å². The van der Waals surface area contributed by atoms with E-state index in [0.29, 0.717) is 5.75 Å². The average Bonchev–Trinajstić information content (AvgIpc) is 2.75. The monoisotopic (exact) mass is 261 g/mol. The highest BCUT2D eigenvalue weighted by atomic mass is 16.5. The number of rotatable bonds is 5. The van der Waals surface area contributed by atoms with Gasteiger partial charge in [0.05, 0.1) is 19.9 Å². The summed E-state index contributed by atoms with van der Waals surface area (Å²) >= 11 is 0. The Kier molecular flexibility index (Phi) is 3.94. The van der Waals surface area contributed by atoms with E-state index in [1.807, 2.05) is 32.0 Å². The van der Waals surface area contributed by atoms with Crippen LogP contribution in [0.15, 0.2) is 18.2 Å². The van der Waals surface area contributed by atoms with Gasteiger partial charge in [-0.2, -0.15) is 5.10 Å². The summed E-state index contributed by atoms with van der Waals surface area (Å²) in [6.07, 6.45) is 0. The molecule has 2 rings (SSSR count). The maximum absolute atomic E-state index is 5.28. The van der Waals surface area contributed by atoms with E-state index in [0.717, 1.165) is 29.4 Å². The molecule has 1 aromatic carbocycles. The van der Waals surface area contributed by atoms with Crippen LogP contribution in [0.3, 0.4) is 0 Å². The summed E-state index contributed by atoms with van der Waals surface area (Å²) in [5.74, 6) is 1.44. The molecule has 5 nitrogen and oxygen atoms in total. The molecule has 0 saturated heterocycles. The average molecular weight is 261 g/mol. The fraction of sp³-hybridized carbons (Fsp3) is 0.357. The van der Waals surface area contributed by atoms with Crippen molar-refractivity contribution < 1.29 is 9.47 Å². The number of hydrogen-bond acceptors (Lipinski definition) is 4. The molecule has 0 aliphatic rings. The van der Waals surface area contributed by atoms with Crippen LogP contribution in [-0.4, -0.2) is 24.4 Å². The molecular weight excluding hydrogens is 242 g/mol. The lowest BCUT2D eigenvalue weighted by atomic mass is 10.2. The fourth-order valence-electron chi connectivity index (χ4n) is 1.97. The topological polar surface area (TPSA) is 59.2 Å². The Labute approximate surface area is 112 Å². The number of aryl methyl sites for hydroxylation is 2. The van der Waals surface area contributed by atoms with Gasteiger partial charge < -0.3 is 14.8 Å². The third-order valence-electron chi connectivity index (χ3n) is 3.13. The van der Waals surface area contributed by atoms with Crippen molar-refractivity contribution in [1.29, 1.82) is 0 Å². The molecule has 0 radical (unpaired) electrons. The first-order valence-corrected chi connectivity index (χ1v) is 6.12. The molecule has 0 amide bonds. The molecule has 2 N–H and O–H groups in total. The van der Waals surface area contributed by atoms with Crippen molar-refractivity contribution >= 4 is 5.69 Å². The summed E-state index contributed by atoms with van der Waals surface area (Å²) in [6.45, 7) is 4.74. The zero-order valence-electron chi connectivity index (χ0n) is 11.7. The second kappa shape index (κ2) is 5.65. The molecule has 0 spiro atoms. The Hall–Kier alpha value is -2.17. The predicted molar refractivity (Wildman–Crippen MR) is 74.9 cm³/mol. The molecule has 0 saturated carbocycles. The Morgan fingerprint density at radius 1 is 1.16 bits per heavy atom. The fourth-order valence-corrected chi connectivity index (χ4v) is 1.97. The number of aromatic nitrogens is 2. The number of benzene rings is 1. The summed E-state index contributed by atoms with van der Waals surface area (Å²) in [6, 6.07) is 5.77. The van der Waals surface area contributed by atoms with Crippen molar-refractivity contribution in [1.82, 2.24) is 10.2 Å². The first kappa shape index (κ1) is 13.3. The summed E-state index contributed by atoms with van der Waals surface area (Å²) in [5, 5.41) is 10.5. The molecule has 0 aliphatic heterocycles. The third kappa shape index (κ3) is 2.81. The minimum Gasteiger partial charge on any atom is -0.493 e. The molecule has 102 valence electrons. The van der Waals surface area contributed by atoms with Crippen LogP contribution in [0.25, 0.3) is 0 Å². The molecule has 0 aliphatic carbocycles. The Bertz CT molecular complexity index is 544. The van der Waals surface area contributed by atoms with Gasteiger partial charge in [0.25, 0.3) is 0 Å². The van der Waals surface area contributed by atoms with Crippen LogP contribution in [0, 0.1) is 13.8 Å². The quantitative estimate of drug-likeness (QED) is 0.868. The highest BCUT2D eigenvalue weighted by Gasteiger charge is 2.07. The van der Waals surface area contributed by atoms with E-state index in [1.165, 1.54) is 5.56 Å². The van der Waals surface area contributed by atoms with E-state index in [-0.39, 0.29) is 0 Å². The van der Waals surface area contributed by atoms with Crippen molar-refractivity contribution in [3.63, 3.8) is 0 Å². The van der Waals surface area contributed by atoms with Gasteiger partial charge in [-0.25, -0.2) is 0 Å². The van der Waals surface area contributed by atoms with Crippen LogP contribution >= 0.6 is 0 Å². The Morgan fingerprint density at radius 3 is 2.47 bits per heavy atom. The first-order valence-electron chi connectivity index (χ1n) is 6.12. The van der Waals surface area contributed by atoms with Gasteiger partial charge in [0.15, 0.2) is 11.5 Å². The minimum atomic E-state index is 0.716. The zero-order valence-corrected chi connectivity index (χ0v) is 11.7. The lowest BCUT2D eigenvalue weighted by molar-refractivity contribution is 0.355. The highest BCUT2D eigenvalue weighted by molar-refractivity contribution is 5.55. The van der Waals surface area contributed by atoms with Crippen molar-refractivity contribution in [2.24, 2.45) is 0 Å². The summed E-state index contributed by atoms with van der Waals surface area (Å²) < 4.78 is 10.5. The minimum absolute atomic E-state index is 0.716. The number of aromatic amines is 1. The van der Waals surface area contributed by atoms with Gasteiger partial charge in [0.2, 0.25) is 0 Å². The van der Waals surface area contributed by atoms with Gasteiger partial charge in [0, 0.05) is 29.6 Å². The SMILES string of the molecule is COc1ccc(NCc2c(C)n[nH]c2C)cc1OC. The summed E-state index contributed by atoms with van der Waals surface area (Å²) in [4.78, 5) is 0. The lowest BCUT2D eigenvalue weighted by Crippen LogP contribution is -2.02. The molecule has 2 aromatic rings. The third-order valence-corrected chi connectivity index (χ3v) is 3.13. The van der Waals surface area contributed by atoms with Crippen molar-refractivity contribution in [3.05, 3.63) is 35.2 Å². The van der Waals surface area contributed by atoms with Gasteiger partial charge in [-0.15, -0.1) is 0 Å². The number of anilines is 1. The van der Waals surface area contributed by atoms with Gasteiger partial charge in [-0.1, -0.05) is 0 Å². The van der Waals surface area contributed by atoms with Crippen molar-refractivity contribution in [2.75, 3.05) is 19.5 Å². The van der Waals surface area contributed by atoms with Crippen molar-refractivity contribution in [3.8, 4) is 11.5 Å². The first-order chi connectivity index (χ1) is 9.15. The van der Waals surface area contributed by atoms with Crippen LogP contribution in [-0.2, 0) is 6.54 Å². The second-order valence-electron chi connectivity index (χ2n) is 4.34. The molecule has 0 atom stereocenters. The van der Waals surface area contributed by atoms with E-state index in [2.05, 4.69) is 15.5 Å². The van der Waals surface area contributed by atoms with Crippen LogP contribution in [0.5, 0.6) is 11.5 Å². The van der Waals surface area contributed by atoms with E-state index in [9.17, 15) is 0 Å².